The highest BCUT2D eigenvalue weighted by Crippen LogP contribution is 2.21. The second-order valence-corrected chi connectivity index (χ2v) is 8.12. The lowest BCUT2D eigenvalue weighted by Crippen LogP contribution is -2.43. The zero-order valence-corrected chi connectivity index (χ0v) is 12.7. The maximum Gasteiger partial charge on any atom is 0.224 e. The number of rotatable bonds is 3. The largest absolute Gasteiger partial charge is 0.342 e. The highest BCUT2D eigenvalue weighted by molar-refractivity contribution is 7.91. The van der Waals surface area contributed by atoms with E-state index >= 15 is 0 Å². The molecule has 0 aromatic carbocycles. The summed E-state index contributed by atoms with van der Waals surface area (Å²) in [5.41, 5.74) is 0. The Kier molecular flexibility index (Phi) is 4.50. The lowest BCUT2D eigenvalue weighted by atomic mass is 9.99. The Morgan fingerprint density at radius 2 is 2.05 bits per heavy atom. The number of carbonyl (C=O) groups excluding carboxylic acids is 1. The maximum absolute atomic E-state index is 12.3. The minimum Gasteiger partial charge on any atom is -0.342 e. The van der Waals surface area contributed by atoms with Crippen molar-refractivity contribution >= 4 is 15.7 Å². The van der Waals surface area contributed by atoms with Gasteiger partial charge in [0.15, 0.2) is 9.84 Å². The van der Waals surface area contributed by atoms with Crippen molar-refractivity contribution in [2.45, 2.75) is 44.2 Å². The molecule has 0 spiro atoms. The van der Waals surface area contributed by atoms with Gasteiger partial charge in [0.25, 0.3) is 0 Å². The van der Waals surface area contributed by atoms with Crippen molar-refractivity contribution in [2.24, 2.45) is 0 Å². The molecule has 5 nitrogen and oxygen atoms in total. The van der Waals surface area contributed by atoms with Crippen molar-refractivity contribution in [3.05, 3.63) is 0 Å². The van der Waals surface area contributed by atoms with E-state index < -0.39 is 9.84 Å². The molecule has 2 aliphatic rings. The fourth-order valence-electron chi connectivity index (χ4n) is 3.03. The van der Waals surface area contributed by atoms with Gasteiger partial charge in [0.1, 0.15) is 0 Å². The van der Waals surface area contributed by atoms with Crippen molar-refractivity contribution in [1.82, 2.24) is 9.80 Å². The Hall–Kier alpha value is -0.620. The number of hydrogen-bond acceptors (Lipinski definition) is 4. The van der Waals surface area contributed by atoms with Gasteiger partial charge in [0.05, 0.1) is 11.5 Å². The van der Waals surface area contributed by atoms with Gasteiger partial charge >= 0.3 is 0 Å². The number of sulfone groups is 1. The van der Waals surface area contributed by atoms with Gasteiger partial charge in [-0.05, 0) is 32.9 Å². The smallest absolute Gasteiger partial charge is 0.224 e. The predicted octanol–water partition coefficient (Wildman–Crippen LogP) is 0.506. The van der Waals surface area contributed by atoms with Crippen LogP contribution in [0.3, 0.4) is 0 Å². The molecule has 2 atom stereocenters. The third kappa shape index (κ3) is 3.69. The zero-order valence-electron chi connectivity index (χ0n) is 11.8. The van der Waals surface area contributed by atoms with E-state index in [2.05, 4.69) is 11.9 Å². The van der Waals surface area contributed by atoms with Gasteiger partial charge in [-0.1, -0.05) is 6.42 Å². The molecule has 0 saturated carbocycles. The van der Waals surface area contributed by atoms with Gasteiger partial charge in [0.2, 0.25) is 5.91 Å². The fraction of sp³-hybridized carbons (Fsp3) is 0.923. The van der Waals surface area contributed by atoms with E-state index in [0.717, 1.165) is 13.0 Å². The van der Waals surface area contributed by atoms with Crippen molar-refractivity contribution in [3.63, 3.8) is 0 Å². The molecule has 2 rings (SSSR count). The van der Waals surface area contributed by atoms with E-state index in [9.17, 15) is 13.2 Å². The van der Waals surface area contributed by atoms with E-state index in [1.807, 2.05) is 0 Å². The quantitative estimate of drug-likeness (QED) is 0.759. The molecule has 0 radical (unpaired) electrons. The first-order valence-corrected chi connectivity index (χ1v) is 8.87. The standard InChI is InChI=1S/C13H24N2O3S/c1-14-7-4-3-5-11(14)9-13(16)15(2)12-6-8-19(17,18)10-12/h11-12H,3-10H2,1-2H3. The van der Waals surface area contributed by atoms with Crippen molar-refractivity contribution in [3.8, 4) is 0 Å². The summed E-state index contributed by atoms with van der Waals surface area (Å²) in [6.45, 7) is 1.06. The van der Waals surface area contributed by atoms with Crippen LogP contribution in [0.25, 0.3) is 0 Å². The molecule has 2 fully saturated rings. The summed E-state index contributed by atoms with van der Waals surface area (Å²) < 4.78 is 22.9. The topological polar surface area (TPSA) is 57.7 Å². The Bertz CT molecular complexity index is 435. The third-order valence-corrected chi connectivity index (χ3v) is 6.23. The molecule has 0 bridgehead atoms. The third-order valence-electron chi connectivity index (χ3n) is 4.48. The Morgan fingerprint density at radius 1 is 1.32 bits per heavy atom. The Labute approximate surface area is 115 Å². The number of carbonyl (C=O) groups is 1. The summed E-state index contributed by atoms with van der Waals surface area (Å²) in [6.07, 6.45) is 4.56. The summed E-state index contributed by atoms with van der Waals surface area (Å²) in [7, 11) is 0.891. The first-order valence-electron chi connectivity index (χ1n) is 7.05. The number of nitrogens with zero attached hydrogens (tertiary/aromatic N) is 2. The minimum atomic E-state index is -2.92. The lowest BCUT2D eigenvalue weighted by Gasteiger charge is -2.34. The first kappa shape index (κ1) is 14.8. The molecular formula is C13H24N2O3S. The molecule has 0 aromatic heterocycles. The molecule has 19 heavy (non-hydrogen) atoms. The van der Waals surface area contributed by atoms with Gasteiger partial charge in [-0.25, -0.2) is 8.42 Å². The van der Waals surface area contributed by atoms with Crippen LogP contribution in [-0.2, 0) is 14.6 Å². The number of likely N-dealkylation sites (tertiary alicyclic amines) is 1. The average Bonchev–Trinajstić information content (AvgIpc) is 2.71. The molecule has 2 heterocycles. The highest BCUT2D eigenvalue weighted by Gasteiger charge is 2.33. The van der Waals surface area contributed by atoms with E-state index in [1.54, 1.807) is 11.9 Å². The van der Waals surface area contributed by atoms with Gasteiger partial charge in [-0.3, -0.25) is 4.79 Å². The van der Waals surface area contributed by atoms with E-state index in [-0.39, 0.29) is 23.5 Å². The van der Waals surface area contributed by atoms with Crippen LogP contribution in [0, 0.1) is 0 Å². The number of piperidine rings is 1. The van der Waals surface area contributed by atoms with E-state index in [4.69, 9.17) is 0 Å². The Balaban J connectivity index is 1.89. The molecule has 0 N–H and O–H groups in total. The second-order valence-electron chi connectivity index (χ2n) is 5.90. The van der Waals surface area contributed by atoms with Crippen molar-refractivity contribution in [2.75, 3.05) is 32.1 Å². The van der Waals surface area contributed by atoms with Crippen LogP contribution in [0.4, 0.5) is 0 Å². The molecule has 2 saturated heterocycles. The van der Waals surface area contributed by atoms with Gasteiger partial charge in [0, 0.05) is 25.6 Å². The minimum absolute atomic E-state index is 0.0841. The van der Waals surface area contributed by atoms with E-state index in [0.29, 0.717) is 18.9 Å². The van der Waals surface area contributed by atoms with Crippen LogP contribution in [0.1, 0.15) is 32.1 Å². The normalized spacial score (nSPS) is 31.3. The first-order chi connectivity index (χ1) is 8.89. The van der Waals surface area contributed by atoms with Crippen molar-refractivity contribution < 1.29 is 13.2 Å². The molecular weight excluding hydrogens is 264 g/mol. The number of amides is 1. The second kappa shape index (κ2) is 5.79. The van der Waals surface area contributed by atoms with Gasteiger partial charge < -0.3 is 9.80 Å². The van der Waals surface area contributed by atoms with Crippen LogP contribution in [-0.4, -0.2) is 68.4 Å². The monoisotopic (exact) mass is 288 g/mol. The van der Waals surface area contributed by atoms with Crippen LogP contribution in [0.15, 0.2) is 0 Å². The summed E-state index contributed by atoms with van der Waals surface area (Å²) >= 11 is 0. The molecule has 0 aliphatic carbocycles. The van der Waals surface area contributed by atoms with Crippen LogP contribution < -0.4 is 0 Å². The fourth-order valence-corrected chi connectivity index (χ4v) is 4.81. The average molecular weight is 288 g/mol. The van der Waals surface area contributed by atoms with Crippen LogP contribution in [0.2, 0.25) is 0 Å². The van der Waals surface area contributed by atoms with Gasteiger partial charge in [-0.15, -0.1) is 0 Å². The molecule has 110 valence electrons. The van der Waals surface area contributed by atoms with Crippen LogP contribution >= 0.6 is 0 Å². The lowest BCUT2D eigenvalue weighted by molar-refractivity contribution is -0.133. The summed E-state index contributed by atoms with van der Waals surface area (Å²) in [5, 5.41) is 0. The molecule has 6 heteroatoms. The maximum atomic E-state index is 12.3. The van der Waals surface area contributed by atoms with Crippen LogP contribution in [0.5, 0.6) is 0 Å². The van der Waals surface area contributed by atoms with Gasteiger partial charge in [-0.2, -0.15) is 0 Å². The predicted molar refractivity (Wildman–Crippen MR) is 74.7 cm³/mol. The molecule has 2 aliphatic heterocycles. The molecule has 0 aromatic rings. The summed E-state index contributed by atoms with van der Waals surface area (Å²) in [4.78, 5) is 16.2. The summed E-state index contributed by atoms with van der Waals surface area (Å²) in [6, 6.07) is 0.202. The SMILES string of the molecule is CN1CCCCC1CC(=O)N(C)C1CCS(=O)(=O)C1. The zero-order chi connectivity index (χ0) is 14.0. The summed E-state index contributed by atoms with van der Waals surface area (Å²) in [5.74, 6) is 0.440. The van der Waals surface area contributed by atoms with Crippen molar-refractivity contribution in [1.29, 1.82) is 0 Å². The molecule has 1 amide bonds. The van der Waals surface area contributed by atoms with E-state index in [1.165, 1.54) is 12.8 Å². The molecule has 2 unspecified atom stereocenters. The Morgan fingerprint density at radius 3 is 2.63 bits per heavy atom. The number of hydrogen-bond donors (Lipinski definition) is 0. The highest BCUT2D eigenvalue weighted by atomic mass is 32.2.